The van der Waals surface area contributed by atoms with Crippen molar-refractivity contribution in [1.82, 2.24) is 19.9 Å². The van der Waals surface area contributed by atoms with Gasteiger partial charge in [-0.25, -0.2) is 4.98 Å². The van der Waals surface area contributed by atoms with E-state index in [2.05, 4.69) is 33.5 Å². The average molecular weight is 437 g/mol. The number of aromatic nitrogens is 3. The van der Waals surface area contributed by atoms with Crippen LogP contribution in [0.15, 0.2) is 90.1 Å². The van der Waals surface area contributed by atoms with E-state index in [1.807, 2.05) is 61.7 Å². The first-order chi connectivity index (χ1) is 16.1. The van der Waals surface area contributed by atoms with Crippen LogP contribution in [-0.2, 0) is 11.3 Å². The highest BCUT2D eigenvalue weighted by Gasteiger charge is 2.19. The van der Waals surface area contributed by atoms with E-state index < -0.39 is 0 Å². The fourth-order valence-corrected chi connectivity index (χ4v) is 4.35. The van der Waals surface area contributed by atoms with Crippen molar-refractivity contribution in [2.75, 3.05) is 6.54 Å². The maximum Gasteiger partial charge on any atom is 0.261 e. The van der Waals surface area contributed by atoms with Gasteiger partial charge in [0.25, 0.3) is 5.56 Å². The molecule has 0 bridgehead atoms. The molecule has 2 N–H and O–H groups in total. The first-order valence-corrected chi connectivity index (χ1v) is 10.9. The van der Waals surface area contributed by atoms with E-state index in [0.717, 1.165) is 27.6 Å². The van der Waals surface area contributed by atoms with Crippen molar-refractivity contribution >= 4 is 27.7 Å². The number of H-pyrrole nitrogens is 1. The summed E-state index contributed by atoms with van der Waals surface area (Å²) in [6.07, 6.45) is 3.46. The molecule has 0 saturated heterocycles. The highest BCUT2D eigenvalue weighted by Crippen LogP contribution is 2.30. The van der Waals surface area contributed by atoms with Gasteiger partial charge in [-0.2, -0.15) is 0 Å². The fourth-order valence-electron chi connectivity index (χ4n) is 4.35. The third-order valence-corrected chi connectivity index (χ3v) is 6.07. The molecule has 33 heavy (non-hydrogen) atoms. The lowest BCUT2D eigenvalue weighted by atomic mass is 9.91. The van der Waals surface area contributed by atoms with Gasteiger partial charge in [-0.05, 0) is 35.7 Å². The topological polar surface area (TPSA) is 79.8 Å². The predicted molar refractivity (Wildman–Crippen MR) is 130 cm³/mol. The van der Waals surface area contributed by atoms with Crippen LogP contribution in [0.5, 0.6) is 0 Å². The first kappa shape index (κ1) is 20.7. The molecule has 5 rings (SSSR count). The van der Waals surface area contributed by atoms with Gasteiger partial charge in [0.2, 0.25) is 5.91 Å². The highest BCUT2D eigenvalue weighted by molar-refractivity contribution is 5.84. The minimum atomic E-state index is -0.230. The molecule has 1 amide bonds. The number of aromatic amines is 1. The Hall–Kier alpha value is -4.19. The van der Waals surface area contributed by atoms with E-state index in [9.17, 15) is 9.59 Å². The molecule has 2 heterocycles. The smallest absolute Gasteiger partial charge is 0.261 e. The predicted octanol–water partition coefficient (Wildman–Crippen LogP) is 4.13. The lowest BCUT2D eigenvalue weighted by Gasteiger charge is -2.18. The van der Waals surface area contributed by atoms with Crippen LogP contribution >= 0.6 is 0 Å². The fraction of sp³-hybridized carbons (Fsp3) is 0.148. The second-order valence-electron chi connectivity index (χ2n) is 8.21. The number of hydrogen-bond donors (Lipinski definition) is 2. The van der Waals surface area contributed by atoms with Crippen molar-refractivity contribution in [3.05, 3.63) is 112 Å². The molecule has 1 unspecified atom stereocenters. The summed E-state index contributed by atoms with van der Waals surface area (Å²) >= 11 is 0. The number of carbonyl (C=O) groups excluding carboxylic acids is 1. The Balaban J connectivity index is 1.39. The van der Waals surface area contributed by atoms with Gasteiger partial charge in [-0.15, -0.1) is 0 Å². The van der Waals surface area contributed by atoms with E-state index in [-0.39, 0.29) is 23.9 Å². The van der Waals surface area contributed by atoms with E-state index in [0.29, 0.717) is 17.4 Å². The van der Waals surface area contributed by atoms with Gasteiger partial charge in [0, 0.05) is 29.6 Å². The van der Waals surface area contributed by atoms with Gasteiger partial charge in [0.05, 0.1) is 17.2 Å². The van der Waals surface area contributed by atoms with Crippen LogP contribution in [0.2, 0.25) is 0 Å². The number of benzene rings is 3. The number of carbonyl (C=O) groups is 1. The third kappa shape index (κ3) is 4.03. The summed E-state index contributed by atoms with van der Waals surface area (Å²) in [7, 11) is 0. The van der Waals surface area contributed by atoms with Crippen molar-refractivity contribution in [3.8, 4) is 0 Å². The molecule has 3 aromatic carbocycles. The van der Waals surface area contributed by atoms with Crippen molar-refractivity contribution in [2.24, 2.45) is 0 Å². The van der Waals surface area contributed by atoms with Crippen LogP contribution in [0.3, 0.4) is 0 Å². The zero-order valence-electron chi connectivity index (χ0n) is 18.3. The molecule has 6 heteroatoms. The Kier molecular flexibility index (Phi) is 5.48. The van der Waals surface area contributed by atoms with Crippen LogP contribution < -0.4 is 10.9 Å². The SMILES string of the molecule is Cc1cccc2c(=O)n(CC(=O)NCC(c3ccccc3)c3c[nH]c4ccccc34)cnc12. The Bertz CT molecular complexity index is 1500. The number of nitrogens with zero attached hydrogens (tertiary/aromatic N) is 2. The minimum Gasteiger partial charge on any atom is -0.361 e. The Morgan fingerprint density at radius 3 is 2.61 bits per heavy atom. The van der Waals surface area contributed by atoms with Crippen LogP contribution in [0, 0.1) is 6.92 Å². The number of rotatable bonds is 6. The molecular weight excluding hydrogens is 412 g/mol. The van der Waals surface area contributed by atoms with Crippen LogP contribution in [0.4, 0.5) is 0 Å². The maximum absolute atomic E-state index is 12.8. The monoisotopic (exact) mass is 436 g/mol. The van der Waals surface area contributed by atoms with Crippen LogP contribution in [-0.4, -0.2) is 27.0 Å². The van der Waals surface area contributed by atoms with Crippen LogP contribution in [0.1, 0.15) is 22.6 Å². The number of para-hydroxylation sites is 2. The molecule has 1 atom stereocenters. The number of amides is 1. The number of aryl methyl sites for hydroxylation is 1. The normalized spacial score (nSPS) is 12.2. The molecule has 2 aromatic heterocycles. The maximum atomic E-state index is 12.8. The lowest BCUT2D eigenvalue weighted by molar-refractivity contribution is -0.121. The summed E-state index contributed by atoms with van der Waals surface area (Å²) in [6.45, 7) is 2.25. The van der Waals surface area contributed by atoms with Gasteiger partial charge in [0.15, 0.2) is 0 Å². The third-order valence-electron chi connectivity index (χ3n) is 6.07. The zero-order valence-corrected chi connectivity index (χ0v) is 18.3. The van der Waals surface area contributed by atoms with Gasteiger partial charge < -0.3 is 10.3 Å². The molecule has 0 aliphatic carbocycles. The number of fused-ring (bicyclic) bond motifs is 2. The van der Waals surface area contributed by atoms with Gasteiger partial charge >= 0.3 is 0 Å². The molecule has 164 valence electrons. The van der Waals surface area contributed by atoms with Crippen molar-refractivity contribution < 1.29 is 4.79 Å². The summed E-state index contributed by atoms with van der Waals surface area (Å²) in [5.41, 5.74) is 4.69. The second-order valence-corrected chi connectivity index (χ2v) is 8.21. The molecule has 0 aliphatic heterocycles. The molecule has 0 spiro atoms. The standard InChI is InChI=1S/C27H24N4O2/c1-18-8-7-12-21-26(18)30-17-31(27(21)33)16-25(32)29-14-22(19-9-3-2-4-10-19)23-15-28-24-13-6-5-11-20(23)24/h2-13,15,17,22,28H,14,16H2,1H3,(H,29,32). The molecule has 5 aromatic rings. The summed E-state index contributed by atoms with van der Waals surface area (Å²) in [4.78, 5) is 33.4. The summed E-state index contributed by atoms with van der Waals surface area (Å²) in [5, 5.41) is 4.68. The molecule has 0 radical (unpaired) electrons. The highest BCUT2D eigenvalue weighted by atomic mass is 16.2. The molecule has 0 saturated carbocycles. The van der Waals surface area contributed by atoms with Crippen molar-refractivity contribution in [3.63, 3.8) is 0 Å². The molecule has 0 aliphatic rings. The van der Waals surface area contributed by atoms with E-state index >= 15 is 0 Å². The largest absolute Gasteiger partial charge is 0.361 e. The van der Waals surface area contributed by atoms with Gasteiger partial charge in [0.1, 0.15) is 6.54 Å². The second kappa shape index (κ2) is 8.74. The molecule has 6 nitrogen and oxygen atoms in total. The summed E-state index contributed by atoms with van der Waals surface area (Å²) in [6, 6.07) is 23.8. The summed E-state index contributed by atoms with van der Waals surface area (Å²) < 4.78 is 1.36. The Morgan fingerprint density at radius 1 is 1.00 bits per heavy atom. The Morgan fingerprint density at radius 2 is 1.76 bits per heavy atom. The van der Waals surface area contributed by atoms with E-state index in [4.69, 9.17) is 0 Å². The van der Waals surface area contributed by atoms with Gasteiger partial charge in [-0.1, -0.05) is 60.7 Å². The van der Waals surface area contributed by atoms with E-state index in [1.165, 1.54) is 10.9 Å². The van der Waals surface area contributed by atoms with Crippen molar-refractivity contribution in [1.29, 1.82) is 0 Å². The van der Waals surface area contributed by atoms with Gasteiger partial charge in [-0.3, -0.25) is 14.2 Å². The first-order valence-electron chi connectivity index (χ1n) is 10.9. The van der Waals surface area contributed by atoms with E-state index in [1.54, 1.807) is 6.07 Å². The zero-order chi connectivity index (χ0) is 22.8. The molecular formula is C27H24N4O2. The average Bonchev–Trinajstić information content (AvgIpc) is 3.26. The van der Waals surface area contributed by atoms with Crippen molar-refractivity contribution in [2.45, 2.75) is 19.4 Å². The lowest BCUT2D eigenvalue weighted by Crippen LogP contribution is -2.35. The minimum absolute atomic E-state index is 0.0274. The number of nitrogens with one attached hydrogen (secondary N) is 2. The number of hydrogen-bond acceptors (Lipinski definition) is 3. The van der Waals surface area contributed by atoms with Crippen LogP contribution in [0.25, 0.3) is 21.8 Å². The molecule has 0 fully saturated rings. The Labute approximate surface area is 190 Å². The quantitative estimate of drug-likeness (QED) is 0.420. The summed E-state index contributed by atoms with van der Waals surface area (Å²) in [5.74, 6) is -0.257.